The lowest BCUT2D eigenvalue weighted by atomic mass is 10.5. The third kappa shape index (κ3) is 8.39. The monoisotopic (exact) mass is 275 g/mol. The van der Waals surface area contributed by atoms with E-state index in [4.69, 9.17) is 16.0 Å². The van der Waals surface area contributed by atoms with Gasteiger partial charge in [0.2, 0.25) is 0 Å². The number of quaternary nitrogens is 1. The number of likely N-dealkylation sites (N-methyl/N-ethyl adjacent to an activating group) is 1. The van der Waals surface area contributed by atoms with E-state index in [-0.39, 0.29) is 0 Å². The first-order chi connectivity index (χ1) is 6.31. The topological polar surface area (TPSA) is 69.6 Å². The molecule has 92 valence electrons. The Morgan fingerprint density at radius 1 is 1.53 bits per heavy atom. The Balaban J connectivity index is 4.70. The van der Waals surface area contributed by atoms with Gasteiger partial charge in [0.05, 0.1) is 21.1 Å². The SMILES string of the molecule is C[N+](C)(C)CC(OP(=O)([O-])O)[Si](C)(C)Cl. The van der Waals surface area contributed by atoms with Gasteiger partial charge in [-0.05, 0) is 0 Å². The van der Waals surface area contributed by atoms with Gasteiger partial charge in [-0.3, -0.25) is 4.57 Å². The number of hydrogen-bond donors (Lipinski definition) is 1. The molecule has 2 unspecified atom stereocenters. The molecular formula is C7H19ClNO4PSi. The molecule has 0 amide bonds. The van der Waals surface area contributed by atoms with Crippen LogP contribution in [0.15, 0.2) is 0 Å². The molecule has 0 bridgehead atoms. The maximum absolute atomic E-state index is 10.7. The van der Waals surface area contributed by atoms with Crippen LogP contribution in [0.2, 0.25) is 13.1 Å². The highest BCUT2D eigenvalue weighted by molar-refractivity contribution is 7.45. The van der Waals surface area contributed by atoms with Crippen LogP contribution in [-0.4, -0.2) is 50.2 Å². The van der Waals surface area contributed by atoms with Crippen molar-refractivity contribution in [2.45, 2.75) is 18.8 Å². The molecule has 5 nitrogen and oxygen atoms in total. The Morgan fingerprint density at radius 2 is 1.93 bits per heavy atom. The summed E-state index contributed by atoms with van der Waals surface area (Å²) in [4.78, 5) is 19.4. The molecule has 0 heterocycles. The molecule has 0 aliphatic carbocycles. The van der Waals surface area contributed by atoms with Crippen LogP contribution < -0.4 is 4.89 Å². The second-order valence-electron chi connectivity index (χ2n) is 5.10. The molecule has 0 saturated carbocycles. The highest BCUT2D eigenvalue weighted by atomic mass is 35.6. The molecule has 0 aromatic rings. The van der Waals surface area contributed by atoms with Gasteiger partial charge in [0, 0.05) is 0 Å². The van der Waals surface area contributed by atoms with Crippen molar-refractivity contribution in [3.8, 4) is 0 Å². The van der Waals surface area contributed by atoms with E-state index < -0.39 is 20.9 Å². The van der Waals surface area contributed by atoms with Crippen molar-refractivity contribution in [2.24, 2.45) is 0 Å². The summed E-state index contributed by atoms with van der Waals surface area (Å²) < 4.78 is 15.9. The van der Waals surface area contributed by atoms with Crippen molar-refractivity contribution in [3.05, 3.63) is 0 Å². The zero-order chi connectivity index (χ0) is 12.5. The van der Waals surface area contributed by atoms with Crippen LogP contribution in [0.25, 0.3) is 0 Å². The van der Waals surface area contributed by atoms with Crippen molar-refractivity contribution in [1.82, 2.24) is 0 Å². The highest BCUT2D eigenvalue weighted by Gasteiger charge is 2.37. The van der Waals surface area contributed by atoms with Gasteiger partial charge in [-0.15, -0.1) is 0 Å². The van der Waals surface area contributed by atoms with Crippen molar-refractivity contribution in [2.75, 3.05) is 27.7 Å². The van der Waals surface area contributed by atoms with Crippen LogP contribution in [0.3, 0.4) is 0 Å². The van der Waals surface area contributed by atoms with Gasteiger partial charge in [-0.25, -0.2) is 0 Å². The molecule has 0 aliphatic rings. The Bertz CT molecular complexity index is 257. The third-order valence-corrected chi connectivity index (χ3v) is 5.02. The van der Waals surface area contributed by atoms with E-state index in [0.29, 0.717) is 11.0 Å². The zero-order valence-electron chi connectivity index (χ0n) is 9.73. The van der Waals surface area contributed by atoms with Crippen molar-refractivity contribution in [3.63, 3.8) is 0 Å². The van der Waals surface area contributed by atoms with Gasteiger partial charge in [-0.2, -0.15) is 11.1 Å². The first kappa shape index (κ1) is 15.6. The van der Waals surface area contributed by atoms with Gasteiger partial charge in [0.15, 0.2) is 7.38 Å². The molecule has 0 rings (SSSR count). The second kappa shape index (κ2) is 4.83. The van der Waals surface area contributed by atoms with Crippen molar-refractivity contribution < 1.29 is 23.4 Å². The maximum atomic E-state index is 10.7. The van der Waals surface area contributed by atoms with Crippen LogP contribution in [0.4, 0.5) is 0 Å². The maximum Gasteiger partial charge on any atom is 0.265 e. The van der Waals surface area contributed by atoms with Crippen LogP contribution in [0.5, 0.6) is 0 Å². The molecule has 0 spiro atoms. The zero-order valence-corrected chi connectivity index (χ0v) is 12.4. The number of nitrogens with zero attached hydrogens (tertiary/aromatic N) is 1. The molecule has 0 radical (unpaired) electrons. The molecule has 0 aromatic heterocycles. The minimum Gasteiger partial charge on any atom is -0.756 e. The number of phosphoric ester groups is 1. The van der Waals surface area contributed by atoms with Gasteiger partial charge < -0.3 is 18.8 Å². The van der Waals surface area contributed by atoms with E-state index in [1.165, 1.54) is 0 Å². The van der Waals surface area contributed by atoms with Crippen LogP contribution in [0.1, 0.15) is 0 Å². The molecule has 8 heteroatoms. The van der Waals surface area contributed by atoms with E-state index in [0.717, 1.165) is 0 Å². The van der Waals surface area contributed by atoms with Gasteiger partial charge in [0.1, 0.15) is 12.3 Å². The summed E-state index contributed by atoms with van der Waals surface area (Å²) >= 11 is 6.14. The summed E-state index contributed by atoms with van der Waals surface area (Å²) in [6.07, 6.45) is 0. The fourth-order valence-corrected chi connectivity index (χ4v) is 4.37. The number of rotatable bonds is 5. The summed E-state index contributed by atoms with van der Waals surface area (Å²) in [5.74, 6) is 0. The summed E-state index contributed by atoms with van der Waals surface area (Å²) in [6.45, 7) is 4.00. The highest BCUT2D eigenvalue weighted by Crippen LogP contribution is 2.36. The van der Waals surface area contributed by atoms with Crippen molar-refractivity contribution in [1.29, 1.82) is 0 Å². The van der Waals surface area contributed by atoms with E-state index in [1.54, 1.807) is 13.1 Å². The average Bonchev–Trinajstić information content (AvgIpc) is 1.75. The van der Waals surface area contributed by atoms with Crippen molar-refractivity contribution >= 4 is 26.3 Å². The molecule has 0 saturated heterocycles. The quantitative estimate of drug-likeness (QED) is 0.344. The lowest BCUT2D eigenvalue weighted by Crippen LogP contribution is -2.51. The molecule has 0 aliphatic heterocycles. The Labute approximate surface area is 96.5 Å². The van der Waals surface area contributed by atoms with E-state index in [9.17, 15) is 9.46 Å². The standard InChI is InChI=1S/C7H19ClNO4PSi/c1-9(2,3)6-7(15(4,5)8)13-14(10,11)12/h7H,6H2,1-5H3,(H-,10,11,12). The normalized spacial score (nSPS) is 19.7. The Hall–Kier alpha value is 0.577. The summed E-state index contributed by atoms with van der Waals surface area (Å²) in [6, 6.07) is 0. The van der Waals surface area contributed by atoms with E-state index >= 15 is 0 Å². The number of hydrogen-bond acceptors (Lipinski definition) is 3. The summed E-state index contributed by atoms with van der Waals surface area (Å²) in [7, 11) is -1.31. The average molecular weight is 276 g/mol. The second-order valence-corrected chi connectivity index (χ2v) is 12.9. The summed E-state index contributed by atoms with van der Waals surface area (Å²) in [5.41, 5.74) is -0.632. The Morgan fingerprint density at radius 3 is 2.13 bits per heavy atom. The molecule has 0 aromatic carbocycles. The number of halogens is 1. The van der Waals surface area contributed by atoms with Crippen LogP contribution in [-0.2, 0) is 9.09 Å². The molecule has 2 atom stereocenters. The minimum absolute atomic E-state index is 0.440. The lowest BCUT2D eigenvalue weighted by molar-refractivity contribution is -0.871. The van der Waals surface area contributed by atoms with Crippen LogP contribution >= 0.6 is 18.9 Å². The van der Waals surface area contributed by atoms with E-state index in [2.05, 4.69) is 4.52 Å². The molecule has 0 fully saturated rings. The molecular weight excluding hydrogens is 257 g/mol. The van der Waals surface area contributed by atoms with Gasteiger partial charge in [0.25, 0.3) is 7.82 Å². The Kier molecular flexibility index (Phi) is 5.02. The van der Waals surface area contributed by atoms with Gasteiger partial charge in [-0.1, -0.05) is 13.1 Å². The largest absolute Gasteiger partial charge is 0.756 e. The van der Waals surface area contributed by atoms with E-state index in [1.807, 2.05) is 21.1 Å². The predicted octanol–water partition coefficient (Wildman–Crippen LogP) is 0.522. The third-order valence-electron chi connectivity index (χ3n) is 1.74. The smallest absolute Gasteiger partial charge is 0.265 e. The minimum atomic E-state index is -4.71. The van der Waals surface area contributed by atoms with Crippen LogP contribution in [0, 0.1) is 0 Å². The lowest BCUT2D eigenvalue weighted by Gasteiger charge is -2.35. The molecule has 1 N–H and O–H groups in total. The number of phosphoric acid groups is 1. The van der Waals surface area contributed by atoms with Gasteiger partial charge >= 0.3 is 0 Å². The predicted molar refractivity (Wildman–Crippen MR) is 60.9 cm³/mol. The first-order valence-corrected chi connectivity index (χ1v) is 10.1. The fourth-order valence-electron chi connectivity index (χ4n) is 1.03. The first-order valence-electron chi connectivity index (χ1n) is 4.53. The fraction of sp³-hybridized carbons (Fsp3) is 1.00. The summed E-state index contributed by atoms with van der Waals surface area (Å²) in [5, 5.41) is 0. The molecule has 15 heavy (non-hydrogen) atoms.